The maximum Gasteiger partial charge on any atom is 0.328 e. The van der Waals surface area contributed by atoms with Gasteiger partial charge in [-0.3, -0.25) is 19.9 Å². The fourth-order valence-corrected chi connectivity index (χ4v) is 5.94. The van der Waals surface area contributed by atoms with Gasteiger partial charge in [0.1, 0.15) is 29.3 Å². The summed E-state index contributed by atoms with van der Waals surface area (Å²) in [5, 5.41) is 8.03. The van der Waals surface area contributed by atoms with E-state index in [1.165, 1.54) is 23.5 Å². The van der Waals surface area contributed by atoms with Crippen LogP contribution < -0.4 is 20.7 Å². The number of carbonyl (C=O) groups is 2. The van der Waals surface area contributed by atoms with Gasteiger partial charge in [0.05, 0.1) is 23.3 Å². The predicted octanol–water partition coefficient (Wildman–Crippen LogP) is 4.69. The number of nitrogen functional groups attached to an aromatic ring is 1. The standard InChI is InChI=1S/C32H30FN9O3/c33-26-16-21(25(17-35-26)41-15-12-27(43)38-32(41)44)18-40-13-10-22(11-14-40)42-31-28(30(34)36-19-37-31)29(39-42)20-6-8-24(9-7-20)45-23-4-2-1-3-5-23/h1-9,16-17,19,22H,10-15,18H2,(H2,34,36,37)(H,38,43,44). The zero-order valence-electron chi connectivity index (χ0n) is 24.3. The van der Waals surface area contributed by atoms with Crippen LogP contribution in [0.4, 0.5) is 20.7 Å². The first-order valence-electron chi connectivity index (χ1n) is 14.7. The Morgan fingerprint density at radius 3 is 2.47 bits per heavy atom. The van der Waals surface area contributed by atoms with Crippen LogP contribution >= 0.6 is 0 Å². The van der Waals surface area contributed by atoms with E-state index in [1.54, 1.807) is 0 Å². The molecule has 5 heterocycles. The Morgan fingerprint density at radius 1 is 0.956 bits per heavy atom. The van der Waals surface area contributed by atoms with Crippen LogP contribution in [0.15, 0.2) is 73.2 Å². The van der Waals surface area contributed by atoms with E-state index in [2.05, 4.69) is 25.2 Å². The first-order chi connectivity index (χ1) is 21.9. The van der Waals surface area contributed by atoms with Crippen molar-refractivity contribution in [3.63, 3.8) is 0 Å². The molecule has 0 saturated carbocycles. The molecule has 7 rings (SSSR count). The second-order valence-electron chi connectivity index (χ2n) is 11.1. The monoisotopic (exact) mass is 607 g/mol. The maximum absolute atomic E-state index is 14.2. The van der Waals surface area contributed by atoms with Gasteiger partial charge < -0.3 is 10.5 Å². The number of imide groups is 1. The lowest BCUT2D eigenvalue weighted by Crippen LogP contribution is -2.50. The first-order valence-corrected chi connectivity index (χ1v) is 14.7. The van der Waals surface area contributed by atoms with Crippen molar-refractivity contribution in [2.75, 3.05) is 30.3 Å². The van der Waals surface area contributed by atoms with Crippen LogP contribution in [0.1, 0.15) is 30.9 Å². The third-order valence-electron chi connectivity index (χ3n) is 8.20. The number of para-hydroxylation sites is 1. The molecular formula is C32H30FN9O3. The lowest BCUT2D eigenvalue weighted by Gasteiger charge is -2.34. The number of piperidine rings is 1. The Hall–Kier alpha value is -5.43. The molecule has 3 N–H and O–H groups in total. The van der Waals surface area contributed by atoms with E-state index in [0.29, 0.717) is 59.2 Å². The minimum absolute atomic E-state index is 0.0556. The average molecular weight is 608 g/mol. The third-order valence-corrected chi connectivity index (χ3v) is 8.20. The number of aromatic nitrogens is 5. The molecule has 12 nitrogen and oxygen atoms in total. The number of nitrogens with zero attached hydrogens (tertiary/aromatic N) is 7. The number of fused-ring (bicyclic) bond motifs is 1. The highest BCUT2D eigenvalue weighted by atomic mass is 19.1. The van der Waals surface area contributed by atoms with Gasteiger partial charge in [-0.1, -0.05) is 18.2 Å². The van der Waals surface area contributed by atoms with Gasteiger partial charge in [-0.15, -0.1) is 0 Å². The van der Waals surface area contributed by atoms with E-state index in [4.69, 9.17) is 15.6 Å². The topological polar surface area (TPSA) is 144 Å². The molecule has 0 bridgehead atoms. The molecule has 45 heavy (non-hydrogen) atoms. The van der Waals surface area contributed by atoms with Gasteiger partial charge in [0.15, 0.2) is 5.65 Å². The number of pyridine rings is 1. The number of urea groups is 1. The number of carbonyl (C=O) groups excluding carboxylic acids is 2. The van der Waals surface area contributed by atoms with Gasteiger partial charge in [0, 0.05) is 38.2 Å². The summed E-state index contributed by atoms with van der Waals surface area (Å²) >= 11 is 0. The number of benzene rings is 2. The summed E-state index contributed by atoms with van der Waals surface area (Å²) in [7, 11) is 0. The molecule has 2 aliphatic rings. The number of halogens is 1. The van der Waals surface area contributed by atoms with Crippen LogP contribution in [0.25, 0.3) is 22.3 Å². The largest absolute Gasteiger partial charge is 0.457 e. The van der Waals surface area contributed by atoms with Crippen molar-refractivity contribution < 1.29 is 18.7 Å². The van der Waals surface area contributed by atoms with Crippen LogP contribution in [0, 0.1) is 5.95 Å². The van der Waals surface area contributed by atoms with Crippen molar-refractivity contribution in [2.24, 2.45) is 0 Å². The molecule has 5 aromatic rings. The zero-order valence-corrected chi connectivity index (χ0v) is 24.3. The summed E-state index contributed by atoms with van der Waals surface area (Å²) in [6.07, 6.45) is 4.52. The fourth-order valence-electron chi connectivity index (χ4n) is 5.94. The number of nitrogens with one attached hydrogen (secondary N) is 1. The number of nitrogens with two attached hydrogens (primary N) is 1. The minimum atomic E-state index is -0.621. The second kappa shape index (κ2) is 11.9. The Kier molecular flexibility index (Phi) is 7.51. The Balaban J connectivity index is 1.09. The number of hydrogen-bond acceptors (Lipinski definition) is 9. The summed E-state index contributed by atoms with van der Waals surface area (Å²) in [5.74, 6) is 0.869. The summed E-state index contributed by atoms with van der Waals surface area (Å²) in [6, 6.07) is 18.2. The van der Waals surface area contributed by atoms with E-state index >= 15 is 0 Å². The zero-order chi connectivity index (χ0) is 30.9. The minimum Gasteiger partial charge on any atom is -0.457 e. The van der Waals surface area contributed by atoms with Crippen molar-refractivity contribution in [1.29, 1.82) is 0 Å². The molecule has 0 atom stereocenters. The molecule has 228 valence electrons. The highest BCUT2D eigenvalue weighted by Crippen LogP contribution is 2.36. The van der Waals surface area contributed by atoms with Crippen LogP contribution in [-0.2, 0) is 11.3 Å². The van der Waals surface area contributed by atoms with Gasteiger partial charge in [0.25, 0.3) is 0 Å². The van der Waals surface area contributed by atoms with Gasteiger partial charge in [-0.2, -0.15) is 9.49 Å². The number of amides is 3. The van der Waals surface area contributed by atoms with E-state index in [1.807, 2.05) is 59.3 Å². The van der Waals surface area contributed by atoms with Gasteiger partial charge >= 0.3 is 6.03 Å². The van der Waals surface area contributed by atoms with E-state index < -0.39 is 12.0 Å². The molecule has 0 radical (unpaired) electrons. The van der Waals surface area contributed by atoms with Gasteiger partial charge in [-0.25, -0.2) is 24.4 Å². The van der Waals surface area contributed by atoms with Crippen LogP contribution in [0.2, 0.25) is 0 Å². The molecule has 0 unspecified atom stereocenters. The Morgan fingerprint density at radius 2 is 1.71 bits per heavy atom. The number of rotatable bonds is 7. The van der Waals surface area contributed by atoms with Crippen molar-refractivity contribution >= 4 is 34.5 Å². The quantitative estimate of drug-likeness (QED) is 0.252. The highest BCUT2D eigenvalue weighted by Gasteiger charge is 2.29. The lowest BCUT2D eigenvalue weighted by atomic mass is 10.0. The molecule has 0 spiro atoms. The fraction of sp³-hybridized carbons (Fsp3) is 0.250. The first kappa shape index (κ1) is 28.3. The molecule has 2 aromatic carbocycles. The predicted molar refractivity (Wildman–Crippen MR) is 165 cm³/mol. The summed E-state index contributed by atoms with van der Waals surface area (Å²) in [4.78, 5) is 40.4. The highest BCUT2D eigenvalue weighted by molar-refractivity contribution is 6.05. The molecule has 2 saturated heterocycles. The van der Waals surface area contributed by atoms with Crippen LogP contribution in [-0.4, -0.2) is 61.2 Å². The van der Waals surface area contributed by atoms with E-state index in [-0.39, 0.29) is 24.9 Å². The van der Waals surface area contributed by atoms with Gasteiger partial charge in [0.2, 0.25) is 11.9 Å². The number of ether oxygens (including phenoxy) is 1. The summed E-state index contributed by atoms with van der Waals surface area (Å²) < 4.78 is 22.1. The van der Waals surface area contributed by atoms with Gasteiger partial charge in [-0.05, 0) is 60.9 Å². The molecule has 2 aliphatic heterocycles. The summed E-state index contributed by atoms with van der Waals surface area (Å²) in [5.41, 5.74) is 9.73. The third kappa shape index (κ3) is 5.77. The van der Waals surface area contributed by atoms with Crippen LogP contribution in [0.5, 0.6) is 11.5 Å². The molecule has 13 heteroatoms. The van der Waals surface area contributed by atoms with E-state index in [9.17, 15) is 14.0 Å². The number of anilines is 2. The Labute approximate surface area is 257 Å². The average Bonchev–Trinajstić information content (AvgIpc) is 3.44. The second-order valence-corrected chi connectivity index (χ2v) is 11.1. The molecule has 0 aliphatic carbocycles. The molecule has 3 aromatic heterocycles. The van der Waals surface area contributed by atoms with Crippen molar-refractivity contribution in [1.82, 2.24) is 34.9 Å². The smallest absolute Gasteiger partial charge is 0.328 e. The van der Waals surface area contributed by atoms with Crippen molar-refractivity contribution in [3.05, 3.63) is 84.7 Å². The number of likely N-dealkylation sites (tertiary alicyclic amines) is 1. The van der Waals surface area contributed by atoms with E-state index in [0.717, 1.165) is 24.2 Å². The lowest BCUT2D eigenvalue weighted by molar-refractivity contribution is -0.120. The Bertz CT molecular complexity index is 1870. The van der Waals surface area contributed by atoms with Crippen molar-refractivity contribution in [3.8, 4) is 22.8 Å². The van der Waals surface area contributed by atoms with Crippen LogP contribution in [0.3, 0.4) is 0 Å². The molecular weight excluding hydrogens is 577 g/mol. The molecule has 2 fully saturated rings. The summed E-state index contributed by atoms with van der Waals surface area (Å²) in [6.45, 7) is 2.06. The van der Waals surface area contributed by atoms with Crippen molar-refractivity contribution in [2.45, 2.75) is 31.8 Å². The number of hydrogen-bond donors (Lipinski definition) is 2. The SMILES string of the molecule is Nc1ncnc2c1c(-c1ccc(Oc3ccccc3)cc1)nn2C1CCN(Cc2cc(F)ncc2N2CCC(=O)NC2=O)CC1. The maximum atomic E-state index is 14.2. The normalized spacial score (nSPS) is 16.2. The molecule has 3 amide bonds.